The Labute approximate surface area is 175 Å². The number of H-pyrrole nitrogens is 1. The Morgan fingerprint density at radius 1 is 1.03 bits per heavy atom. The lowest BCUT2D eigenvalue weighted by atomic mass is 9.97. The lowest BCUT2D eigenvalue weighted by molar-refractivity contribution is 0.0998. The zero-order chi connectivity index (χ0) is 21.1. The van der Waals surface area contributed by atoms with E-state index in [1.165, 1.54) is 22.0 Å². The van der Waals surface area contributed by atoms with Crippen LogP contribution in [0.4, 0.5) is 5.69 Å². The highest BCUT2D eigenvalue weighted by Crippen LogP contribution is 2.29. The second kappa shape index (κ2) is 8.37. The van der Waals surface area contributed by atoms with Crippen LogP contribution in [0.3, 0.4) is 0 Å². The first-order valence-corrected chi connectivity index (χ1v) is 9.97. The van der Waals surface area contributed by atoms with Gasteiger partial charge in [-0.25, -0.2) is 0 Å². The van der Waals surface area contributed by atoms with Crippen molar-refractivity contribution < 1.29 is 4.79 Å². The van der Waals surface area contributed by atoms with E-state index in [9.17, 15) is 4.79 Å². The van der Waals surface area contributed by atoms with Gasteiger partial charge in [-0.15, -0.1) is 0 Å². The van der Waals surface area contributed by atoms with Crippen molar-refractivity contribution in [3.63, 3.8) is 0 Å². The van der Waals surface area contributed by atoms with Crippen molar-refractivity contribution in [2.24, 2.45) is 5.73 Å². The number of hydrogen-bond acceptors (Lipinski definition) is 4. The van der Waals surface area contributed by atoms with E-state index in [-0.39, 0.29) is 0 Å². The molecule has 3 N–H and O–H groups in total. The summed E-state index contributed by atoms with van der Waals surface area (Å²) in [6, 6.07) is 16.5. The number of primary amides is 1. The minimum atomic E-state index is -0.453. The second-order valence-electron chi connectivity index (χ2n) is 7.61. The minimum absolute atomic E-state index is 0.453. The number of anilines is 1. The number of nitrogens with zero attached hydrogens (tertiary/aromatic N) is 3. The smallest absolute Gasteiger partial charge is 0.252 e. The number of aromatic amines is 1. The molecule has 4 aromatic rings. The Morgan fingerprint density at radius 3 is 2.53 bits per heavy atom. The summed E-state index contributed by atoms with van der Waals surface area (Å²) in [5.41, 5.74) is 11.1. The van der Waals surface area contributed by atoms with Crippen LogP contribution in [-0.4, -0.2) is 35.2 Å². The second-order valence-corrected chi connectivity index (χ2v) is 7.61. The maximum atomic E-state index is 12.2. The number of hydrogen-bond donors (Lipinski definition) is 2. The van der Waals surface area contributed by atoms with E-state index >= 15 is 0 Å². The molecule has 152 valence electrons. The molecule has 0 fully saturated rings. The fourth-order valence-electron chi connectivity index (χ4n) is 3.93. The zero-order valence-corrected chi connectivity index (χ0v) is 17.2. The lowest BCUT2D eigenvalue weighted by Crippen LogP contribution is -2.15. The van der Waals surface area contributed by atoms with Crippen molar-refractivity contribution >= 4 is 22.4 Å². The van der Waals surface area contributed by atoms with Crippen LogP contribution in [0.2, 0.25) is 0 Å². The van der Waals surface area contributed by atoms with Gasteiger partial charge in [0.1, 0.15) is 0 Å². The summed E-state index contributed by atoms with van der Waals surface area (Å²) in [4.78, 5) is 18.4. The van der Waals surface area contributed by atoms with E-state index < -0.39 is 5.91 Å². The highest BCUT2D eigenvalue weighted by Gasteiger charge is 2.19. The number of carbonyl (C=O) groups excluding carboxylic acids is 1. The molecule has 0 saturated heterocycles. The van der Waals surface area contributed by atoms with Crippen molar-refractivity contribution in [1.82, 2.24) is 15.2 Å². The van der Waals surface area contributed by atoms with Gasteiger partial charge in [0.2, 0.25) is 0 Å². The van der Waals surface area contributed by atoms with Gasteiger partial charge in [0.25, 0.3) is 5.91 Å². The molecule has 6 nitrogen and oxygen atoms in total. The van der Waals surface area contributed by atoms with Gasteiger partial charge in [0, 0.05) is 44.0 Å². The van der Waals surface area contributed by atoms with E-state index in [0.29, 0.717) is 24.1 Å². The Hall–Kier alpha value is -3.67. The van der Waals surface area contributed by atoms with Crippen molar-refractivity contribution in [2.75, 3.05) is 19.0 Å². The zero-order valence-electron chi connectivity index (χ0n) is 17.2. The number of fused-ring (bicyclic) bond motifs is 1. The first kappa shape index (κ1) is 19.6. The quantitative estimate of drug-likeness (QED) is 0.498. The molecular formula is C24H25N5O. The van der Waals surface area contributed by atoms with E-state index in [4.69, 9.17) is 5.73 Å². The molecule has 0 unspecified atom stereocenters. The number of benzene rings is 2. The van der Waals surface area contributed by atoms with Gasteiger partial charge in [0.15, 0.2) is 0 Å². The largest absolute Gasteiger partial charge is 0.377 e. The van der Waals surface area contributed by atoms with E-state index in [1.54, 1.807) is 12.4 Å². The predicted molar refractivity (Wildman–Crippen MR) is 120 cm³/mol. The molecule has 2 aromatic heterocycles. The van der Waals surface area contributed by atoms with Gasteiger partial charge in [-0.2, -0.15) is 5.10 Å². The first-order chi connectivity index (χ1) is 14.5. The third-order valence-corrected chi connectivity index (χ3v) is 5.37. The average molecular weight is 399 g/mol. The van der Waals surface area contributed by atoms with Gasteiger partial charge >= 0.3 is 0 Å². The van der Waals surface area contributed by atoms with E-state index in [1.807, 2.05) is 26.2 Å². The molecule has 6 heteroatoms. The number of amides is 1. The SMILES string of the molecule is CN(C)c1ccc(CCc2n[nH]c(Cc3cccnc3)c2C(N)=O)c2ccccc12. The molecule has 0 spiro atoms. The average Bonchev–Trinajstić information content (AvgIpc) is 3.15. The summed E-state index contributed by atoms with van der Waals surface area (Å²) in [7, 11) is 4.10. The third-order valence-electron chi connectivity index (χ3n) is 5.37. The summed E-state index contributed by atoms with van der Waals surface area (Å²) < 4.78 is 0. The molecule has 0 radical (unpaired) electrons. The summed E-state index contributed by atoms with van der Waals surface area (Å²) in [6.07, 6.45) is 5.45. The number of nitrogens with two attached hydrogens (primary N) is 1. The molecule has 0 atom stereocenters. The highest BCUT2D eigenvalue weighted by atomic mass is 16.1. The van der Waals surface area contributed by atoms with Crippen LogP contribution in [0.5, 0.6) is 0 Å². The Balaban J connectivity index is 1.62. The topological polar surface area (TPSA) is 87.9 Å². The third kappa shape index (κ3) is 3.89. The predicted octanol–water partition coefficient (Wildman–Crippen LogP) is 3.50. The summed E-state index contributed by atoms with van der Waals surface area (Å²) in [6.45, 7) is 0. The van der Waals surface area contributed by atoms with Crippen LogP contribution in [0, 0.1) is 0 Å². The fourth-order valence-corrected chi connectivity index (χ4v) is 3.93. The van der Waals surface area contributed by atoms with Gasteiger partial charge < -0.3 is 10.6 Å². The standard InChI is InChI=1S/C24H25N5O/c1-29(2)22-12-10-17(18-7-3-4-8-19(18)22)9-11-20-23(24(25)30)21(28-27-20)14-16-6-5-13-26-15-16/h3-8,10,12-13,15H,9,11,14H2,1-2H3,(H2,25,30)(H,27,28). The minimum Gasteiger partial charge on any atom is -0.377 e. The van der Waals surface area contributed by atoms with Gasteiger partial charge in [0.05, 0.1) is 17.0 Å². The van der Waals surface area contributed by atoms with Gasteiger partial charge in [-0.1, -0.05) is 36.4 Å². The lowest BCUT2D eigenvalue weighted by Gasteiger charge is -2.17. The summed E-state index contributed by atoms with van der Waals surface area (Å²) in [5.74, 6) is -0.453. The molecule has 0 bridgehead atoms. The molecule has 0 saturated carbocycles. The normalized spacial score (nSPS) is 11.0. The van der Waals surface area contributed by atoms with E-state index in [0.717, 1.165) is 17.7 Å². The number of nitrogens with one attached hydrogen (secondary N) is 1. The maximum Gasteiger partial charge on any atom is 0.252 e. The highest BCUT2D eigenvalue weighted by molar-refractivity contribution is 5.97. The van der Waals surface area contributed by atoms with Gasteiger partial charge in [-0.3, -0.25) is 14.9 Å². The Morgan fingerprint density at radius 2 is 1.83 bits per heavy atom. The number of rotatable bonds is 7. The van der Waals surface area contributed by atoms with Crippen LogP contribution < -0.4 is 10.6 Å². The van der Waals surface area contributed by atoms with Crippen LogP contribution in [0.1, 0.15) is 32.9 Å². The number of aryl methyl sites for hydroxylation is 2. The molecule has 2 aromatic carbocycles. The molecule has 2 heterocycles. The number of pyridine rings is 1. The molecule has 4 rings (SSSR count). The molecule has 30 heavy (non-hydrogen) atoms. The molecule has 0 aliphatic heterocycles. The summed E-state index contributed by atoms with van der Waals surface area (Å²) >= 11 is 0. The van der Waals surface area contributed by atoms with Crippen molar-refractivity contribution in [3.05, 3.63) is 89.0 Å². The van der Waals surface area contributed by atoms with Crippen LogP contribution in [0.15, 0.2) is 60.9 Å². The van der Waals surface area contributed by atoms with Crippen molar-refractivity contribution in [3.8, 4) is 0 Å². The Kier molecular flexibility index (Phi) is 5.48. The fraction of sp³-hybridized carbons (Fsp3) is 0.208. The van der Waals surface area contributed by atoms with E-state index in [2.05, 4.69) is 56.5 Å². The Bertz CT molecular complexity index is 1180. The monoisotopic (exact) mass is 399 g/mol. The van der Waals surface area contributed by atoms with Crippen molar-refractivity contribution in [1.29, 1.82) is 0 Å². The van der Waals surface area contributed by atoms with Crippen LogP contribution in [-0.2, 0) is 19.3 Å². The number of carbonyl (C=O) groups is 1. The molecular weight excluding hydrogens is 374 g/mol. The molecule has 0 aliphatic carbocycles. The number of aromatic nitrogens is 3. The van der Waals surface area contributed by atoms with Crippen molar-refractivity contribution in [2.45, 2.75) is 19.3 Å². The van der Waals surface area contributed by atoms with Gasteiger partial charge in [-0.05, 0) is 41.5 Å². The molecule has 1 amide bonds. The maximum absolute atomic E-state index is 12.2. The first-order valence-electron chi connectivity index (χ1n) is 9.97. The summed E-state index contributed by atoms with van der Waals surface area (Å²) in [5, 5.41) is 9.87. The molecule has 0 aliphatic rings. The van der Waals surface area contributed by atoms with Crippen LogP contribution in [0.25, 0.3) is 10.8 Å². The van der Waals surface area contributed by atoms with Crippen LogP contribution >= 0.6 is 0 Å².